The van der Waals surface area contributed by atoms with Crippen molar-refractivity contribution in [1.82, 2.24) is 15.3 Å². The van der Waals surface area contributed by atoms with Crippen LogP contribution in [-0.4, -0.2) is 176 Å². The van der Waals surface area contributed by atoms with Gasteiger partial charge in [0.05, 0.1) is 50.0 Å². The number of carbonyl (C=O) groups is 5. The number of aromatic amines is 2. The molecule has 1 amide bonds. The van der Waals surface area contributed by atoms with E-state index in [9.17, 15) is 64.2 Å². The molecule has 4 aliphatic rings. The molecule has 2 saturated heterocycles. The maximum atomic E-state index is 14.1. The van der Waals surface area contributed by atoms with Gasteiger partial charge in [0.25, 0.3) is 11.5 Å². The largest absolute Gasteiger partial charge is 0.479 e. The molecule has 2 aromatic rings. The van der Waals surface area contributed by atoms with Gasteiger partial charge in [-0.15, -0.1) is 0 Å². The Morgan fingerprint density at radius 3 is 2.26 bits per heavy atom. The molecule has 26 nitrogen and oxygen atoms in total. The van der Waals surface area contributed by atoms with Gasteiger partial charge in [-0.05, 0) is 55.3 Å². The summed E-state index contributed by atoms with van der Waals surface area (Å²) in [7, 11) is 1.09. The van der Waals surface area contributed by atoms with E-state index in [0.717, 1.165) is 32.4 Å². The predicted octanol–water partition coefficient (Wildman–Crippen LogP) is -1.12. The van der Waals surface area contributed by atoms with Crippen LogP contribution in [0.1, 0.15) is 84.7 Å². The number of carboxylic acids is 1. The number of aliphatic carboxylic acids is 1. The Labute approximate surface area is 398 Å². The molecule has 6 rings (SSSR count). The number of nitrogens with one attached hydrogen (secondary N) is 3. The molecule has 6 unspecified atom stereocenters. The lowest BCUT2D eigenvalue weighted by molar-refractivity contribution is -0.347. The Morgan fingerprint density at radius 2 is 1.61 bits per heavy atom. The molecule has 3 heterocycles. The molecule has 2 aliphatic carbocycles. The van der Waals surface area contributed by atoms with Crippen molar-refractivity contribution >= 4 is 29.6 Å². The molecule has 9 N–H and O–H groups in total. The summed E-state index contributed by atoms with van der Waals surface area (Å²) in [6.07, 6.45) is -19.0. The monoisotopic (exact) mass is 990 g/mol. The highest BCUT2D eigenvalue weighted by molar-refractivity contribution is 5.92. The third kappa shape index (κ3) is 13.4. The number of H-pyrrole nitrogens is 2. The molecule has 26 heteroatoms. The van der Waals surface area contributed by atoms with E-state index in [1.165, 1.54) is 31.2 Å². The summed E-state index contributed by atoms with van der Waals surface area (Å²) < 4.78 is 41.9. The van der Waals surface area contributed by atoms with Crippen LogP contribution in [0.2, 0.25) is 0 Å². The third-order valence-corrected chi connectivity index (χ3v) is 12.9. The van der Waals surface area contributed by atoms with E-state index in [-0.39, 0.29) is 37.2 Å². The van der Waals surface area contributed by atoms with Crippen LogP contribution in [0, 0.1) is 11.8 Å². The first kappa shape index (κ1) is 53.7. The summed E-state index contributed by atoms with van der Waals surface area (Å²) in [4.78, 5) is 97.4. The molecule has 4 fully saturated rings. The standard InChI is InChI=1S/C44H58N6O20/c1-19-31(54)33(56)34(57)42(65-19)70-35-25(47-38(58)26-16-30(53)49-44(63)48-26)14-23(40(61)64-2)15-27(35)67-43-37(69-41(62)22-10-8-21(9-11-22)12-24(52)17-46-50-45)36(32(55)29(18-51)68-43)66-28(39(59)60)13-20-6-4-3-5-7-20/h8-11,16,19-20,23,25,27-29,31-37,42-43,51,54-57H,3-7,12-15,17-18H2,1-2H3,(H,47,58)(H,59,60)(H2,48,49,53,63)/t19?,23?,25?,27-,28+,29+,31-,32+,33+,34?,35-,36?,37?,42+,43-/m1/s1. The number of carbonyl (C=O) groups excluding carboxylic acids is 4. The average molecular weight is 991 g/mol. The number of hydrogen-bond acceptors (Lipinski definition) is 20. The van der Waals surface area contributed by atoms with E-state index in [2.05, 4.69) is 20.3 Å². The summed E-state index contributed by atoms with van der Waals surface area (Å²) in [5.74, 6) is -6.07. The van der Waals surface area contributed by atoms with Crippen LogP contribution in [-0.2, 0) is 54.0 Å². The Bertz CT molecular complexity index is 2290. The predicted molar refractivity (Wildman–Crippen MR) is 233 cm³/mol. The third-order valence-electron chi connectivity index (χ3n) is 12.9. The number of methoxy groups -OCH3 is 1. The van der Waals surface area contributed by atoms with E-state index in [1.54, 1.807) is 0 Å². The molecular weight excluding hydrogens is 933 g/mol. The SMILES string of the molecule is COC(=O)C1CC(NC(=O)c2cc(=O)[nH]c(=O)[nH]2)[C@@H](O[C@@H]2OC(C)[C@@H](O)[C@H](O)C2O)[C@H](O[C@@H]2O[C@@H](CO)[C@H](O)C(O[C@@H](CC3CCCCC3)C(=O)O)C2OC(=O)c2ccc(CC(=O)CN=[N+]=[N-])cc2)C1. The summed E-state index contributed by atoms with van der Waals surface area (Å²) in [6.45, 7) is 0.0339. The van der Waals surface area contributed by atoms with Crippen LogP contribution in [0.5, 0.6) is 0 Å². The minimum atomic E-state index is -1.95. The second-order valence-electron chi connectivity index (χ2n) is 17.8. The molecule has 0 bridgehead atoms. The topological polar surface area (TPSA) is 398 Å². The van der Waals surface area contributed by atoms with E-state index < -0.39 is 151 Å². The van der Waals surface area contributed by atoms with Crippen molar-refractivity contribution in [3.8, 4) is 0 Å². The highest BCUT2D eigenvalue weighted by atomic mass is 16.7. The van der Waals surface area contributed by atoms with Gasteiger partial charge in [-0.1, -0.05) is 49.4 Å². The minimum absolute atomic E-state index is 0.00276. The van der Waals surface area contributed by atoms with Gasteiger partial charge >= 0.3 is 23.6 Å². The fraction of sp³-hybridized carbons (Fsp3) is 0.659. The highest BCUT2D eigenvalue weighted by Crippen LogP contribution is 2.38. The van der Waals surface area contributed by atoms with Crippen LogP contribution < -0.4 is 16.6 Å². The van der Waals surface area contributed by atoms with Crippen molar-refractivity contribution < 1.29 is 87.8 Å². The second kappa shape index (κ2) is 24.5. The molecule has 384 valence electrons. The van der Waals surface area contributed by atoms with Crippen molar-refractivity contribution in [1.29, 1.82) is 0 Å². The van der Waals surface area contributed by atoms with Crippen molar-refractivity contribution in [2.24, 2.45) is 17.0 Å². The van der Waals surface area contributed by atoms with Crippen molar-refractivity contribution in [2.75, 3.05) is 20.3 Å². The number of amides is 1. The lowest BCUT2D eigenvalue weighted by atomic mass is 9.81. The number of aliphatic hydroxyl groups is 5. The number of Topliss-reactive ketones (excluding diaryl/α,β-unsaturated/α-hetero) is 1. The number of ether oxygens (including phenoxy) is 7. The smallest absolute Gasteiger partial charge is 0.338 e. The van der Waals surface area contributed by atoms with Gasteiger partial charge in [0.2, 0.25) is 0 Å². The molecule has 0 radical (unpaired) electrons. The van der Waals surface area contributed by atoms with Gasteiger partial charge in [-0.3, -0.25) is 24.2 Å². The van der Waals surface area contributed by atoms with Gasteiger partial charge in [-0.25, -0.2) is 14.4 Å². The van der Waals surface area contributed by atoms with Gasteiger partial charge in [0, 0.05) is 17.4 Å². The lowest BCUT2D eigenvalue weighted by Crippen LogP contribution is -2.65. The zero-order valence-corrected chi connectivity index (χ0v) is 38.1. The maximum Gasteiger partial charge on any atom is 0.338 e. The van der Waals surface area contributed by atoms with Gasteiger partial charge in [-0.2, -0.15) is 0 Å². The number of aliphatic hydroxyl groups excluding tert-OH is 5. The molecule has 0 spiro atoms. The van der Waals surface area contributed by atoms with E-state index in [4.69, 9.17) is 38.7 Å². The Hall–Kier alpha value is -5.64. The van der Waals surface area contributed by atoms with Crippen molar-refractivity contribution in [3.63, 3.8) is 0 Å². The van der Waals surface area contributed by atoms with Crippen LogP contribution in [0.4, 0.5) is 0 Å². The summed E-state index contributed by atoms with van der Waals surface area (Å²) in [5.41, 5.74) is 6.39. The molecule has 15 atom stereocenters. The molecule has 1 aromatic carbocycles. The van der Waals surface area contributed by atoms with Crippen LogP contribution in [0.25, 0.3) is 10.4 Å². The number of benzene rings is 1. The number of hydrogen-bond donors (Lipinski definition) is 9. The normalized spacial score (nSPS) is 31.9. The number of aromatic nitrogens is 2. The molecule has 2 saturated carbocycles. The maximum absolute atomic E-state index is 14.1. The Morgan fingerprint density at radius 1 is 0.900 bits per heavy atom. The Kier molecular flexibility index (Phi) is 18.8. The molecular formula is C44H58N6O20. The highest BCUT2D eigenvalue weighted by Gasteiger charge is 2.54. The minimum Gasteiger partial charge on any atom is -0.479 e. The van der Waals surface area contributed by atoms with Crippen LogP contribution >= 0.6 is 0 Å². The first-order valence-corrected chi connectivity index (χ1v) is 22.8. The summed E-state index contributed by atoms with van der Waals surface area (Å²) in [6, 6.07) is 4.83. The van der Waals surface area contributed by atoms with Gasteiger partial charge < -0.3 is 74.1 Å². The fourth-order valence-corrected chi connectivity index (χ4v) is 9.22. The quantitative estimate of drug-likeness (QED) is 0.0348. The van der Waals surface area contributed by atoms with Crippen LogP contribution in [0.15, 0.2) is 45.0 Å². The number of carboxylic acid groups (broad SMARTS) is 1. The fourth-order valence-electron chi connectivity index (χ4n) is 9.22. The number of esters is 2. The zero-order chi connectivity index (χ0) is 50.8. The van der Waals surface area contributed by atoms with E-state index >= 15 is 0 Å². The average Bonchev–Trinajstić information content (AvgIpc) is 3.33. The second-order valence-corrected chi connectivity index (χ2v) is 17.8. The van der Waals surface area contributed by atoms with Gasteiger partial charge in [0.1, 0.15) is 54.2 Å². The first-order chi connectivity index (χ1) is 33.4. The first-order valence-electron chi connectivity index (χ1n) is 22.8. The summed E-state index contributed by atoms with van der Waals surface area (Å²) in [5, 5.41) is 70.9. The van der Waals surface area contributed by atoms with Crippen molar-refractivity contribution in [3.05, 3.63) is 78.4 Å². The number of rotatable bonds is 19. The summed E-state index contributed by atoms with van der Waals surface area (Å²) >= 11 is 0. The zero-order valence-electron chi connectivity index (χ0n) is 38.1. The van der Waals surface area contributed by atoms with Crippen LogP contribution in [0.3, 0.4) is 0 Å². The number of azide groups is 1. The van der Waals surface area contributed by atoms with Crippen molar-refractivity contribution in [2.45, 2.75) is 150 Å². The molecule has 1 aromatic heterocycles. The molecule has 2 aliphatic heterocycles. The van der Waals surface area contributed by atoms with Gasteiger partial charge in [0.15, 0.2) is 24.8 Å². The van der Waals surface area contributed by atoms with E-state index in [1.807, 2.05) is 4.98 Å². The van der Waals surface area contributed by atoms with E-state index in [0.29, 0.717) is 18.4 Å². The molecule has 70 heavy (non-hydrogen) atoms. The number of ketones is 1. The Balaban J connectivity index is 1.41. The lowest BCUT2D eigenvalue weighted by Gasteiger charge is -2.48. The number of nitrogens with zero attached hydrogens (tertiary/aromatic N) is 3.